The minimum Gasteiger partial charge on any atom is -1.00 e. The van der Waals surface area contributed by atoms with Gasteiger partial charge in [0, 0.05) is 6.92 Å². The third-order valence-corrected chi connectivity index (χ3v) is 0. The van der Waals surface area contributed by atoms with Crippen LogP contribution < -0.4 is 59.1 Å². The molecule has 0 fully saturated rings. The number of rotatable bonds is 0. The molecule has 0 amide bonds. The Labute approximate surface area is 158 Å². The van der Waals surface area contributed by atoms with Crippen LogP contribution in [-0.4, -0.2) is 74.1 Å². The fourth-order valence-corrected chi connectivity index (χ4v) is 0. The summed E-state index contributed by atoms with van der Waals surface area (Å²) in [6.45, 7) is 1.08. The SMILES string of the molecule is CC(=O)O.O=S(=O)(O)O.[H-].[H-].[H-].[H-].[Na+].[Na+].[Sr+2]. The van der Waals surface area contributed by atoms with Crippen molar-refractivity contribution in [2.75, 3.05) is 0 Å². The summed E-state index contributed by atoms with van der Waals surface area (Å²) in [5.74, 6) is -0.833. The molecule has 6 nitrogen and oxygen atoms in total. The first-order chi connectivity index (χ1) is 3.73. The Morgan fingerprint density at radius 2 is 1.25 bits per heavy atom. The molecule has 0 rings (SSSR count). The molecule has 64 valence electrons. The standard InChI is InChI=1S/C2H4O2.2Na.H2O4S.Sr.4H/c1-2(3)4;;;1-5(2,3)4;;;;;/h1H3,(H,3,4);;;(H2,1,2,3,4);;;;;/q;2*+1;;+2;4*-1. The van der Waals surface area contributed by atoms with Crippen molar-refractivity contribution in [3.05, 3.63) is 0 Å². The zero-order chi connectivity index (χ0) is 8.08. The van der Waals surface area contributed by atoms with Gasteiger partial charge in [0.05, 0.1) is 0 Å². The van der Waals surface area contributed by atoms with Crippen LogP contribution in [0.25, 0.3) is 0 Å². The van der Waals surface area contributed by atoms with Gasteiger partial charge in [-0.15, -0.1) is 0 Å². The second-order valence-electron chi connectivity index (χ2n) is 0.967. The van der Waals surface area contributed by atoms with Gasteiger partial charge in [0.1, 0.15) is 0 Å². The average molecular weight is 296 g/mol. The topological polar surface area (TPSA) is 112 Å². The number of carbonyl (C=O) groups is 1. The maximum Gasteiger partial charge on any atom is 2.00 e. The Balaban J connectivity index is -0.00000000614. The van der Waals surface area contributed by atoms with Crippen molar-refractivity contribution in [1.29, 1.82) is 0 Å². The molecular weight excluding hydrogens is 286 g/mol. The fourth-order valence-electron chi connectivity index (χ4n) is 0. The first kappa shape index (κ1) is 29.4. The zero-order valence-electron chi connectivity index (χ0n) is 11.2. The van der Waals surface area contributed by atoms with E-state index in [4.69, 9.17) is 27.4 Å². The number of hydrogen-bond acceptors (Lipinski definition) is 3. The van der Waals surface area contributed by atoms with Crippen LogP contribution in [0.5, 0.6) is 0 Å². The summed E-state index contributed by atoms with van der Waals surface area (Å²) < 4.78 is 31.6. The van der Waals surface area contributed by atoms with Crippen LogP contribution in [0.3, 0.4) is 0 Å². The molecule has 0 bridgehead atoms. The predicted molar refractivity (Wildman–Crippen MR) is 37.7 cm³/mol. The Morgan fingerprint density at radius 3 is 1.25 bits per heavy atom. The Bertz CT molecular complexity index is 179. The number of carboxylic acids is 1. The number of aliphatic carboxylic acids is 1. The summed E-state index contributed by atoms with van der Waals surface area (Å²) in [5, 5.41) is 7.42. The van der Waals surface area contributed by atoms with Crippen LogP contribution in [0, 0.1) is 0 Å². The molecule has 0 aromatic carbocycles. The molecule has 0 atom stereocenters. The van der Waals surface area contributed by atoms with E-state index >= 15 is 0 Å². The van der Waals surface area contributed by atoms with Gasteiger partial charge in [0.25, 0.3) is 5.97 Å². The van der Waals surface area contributed by atoms with Gasteiger partial charge in [-0.25, -0.2) is 0 Å². The summed E-state index contributed by atoms with van der Waals surface area (Å²) >= 11 is 0. The van der Waals surface area contributed by atoms with Crippen molar-refractivity contribution in [2.45, 2.75) is 6.92 Å². The van der Waals surface area contributed by atoms with E-state index in [1.54, 1.807) is 0 Å². The molecule has 0 aliphatic heterocycles. The predicted octanol–water partition coefficient (Wildman–Crippen LogP) is -6.48. The minimum atomic E-state index is -4.67. The maximum absolute atomic E-state index is 9.00. The molecule has 0 aliphatic rings. The Morgan fingerprint density at radius 1 is 1.25 bits per heavy atom. The minimum absolute atomic E-state index is 0. The monoisotopic (exact) mass is 296 g/mol. The molecule has 0 radical (unpaired) electrons. The molecule has 0 spiro atoms. The van der Waals surface area contributed by atoms with Crippen molar-refractivity contribution in [2.24, 2.45) is 0 Å². The van der Waals surface area contributed by atoms with Crippen molar-refractivity contribution >= 4 is 61.8 Å². The Kier molecular flexibility index (Phi) is 39.8. The molecular formula is C2H10Na2O6SSr. The van der Waals surface area contributed by atoms with Gasteiger partial charge in [-0.1, -0.05) is 0 Å². The first-order valence-corrected chi connectivity index (χ1v) is 3.02. The smallest absolute Gasteiger partial charge is 1.00 e. The summed E-state index contributed by atoms with van der Waals surface area (Å²) in [5.41, 5.74) is 0. The second-order valence-corrected chi connectivity index (χ2v) is 1.86. The summed E-state index contributed by atoms with van der Waals surface area (Å²) in [7, 11) is -4.67. The van der Waals surface area contributed by atoms with Crippen LogP contribution in [0.4, 0.5) is 0 Å². The Hall–Kier alpha value is 2.82. The molecule has 3 N–H and O–H groups in total. The number of carboxylic acid groups (broad SMARTS) is 1. The van der Waals surface area contributed by atoms with Crippen molar-refractivity contribution in [3.63, 3.8) is 0 Å². The van der Waals surface area contributed by atoms with Crippen LogP contribution in [0.1, 0.15) is 12.6 Å². The van der Waals surface area contributed by atoms with Gasteiger partial charge in [-0.3, -0.25) is 13.9 Å². The first-order valence-electron chi connectivity index (χ1n) is 1.63. The summed E-state index contributed by atoms with van der Waals surface area (Å²) in [6, 6.07) is 0. The third-order valence-electron chi connectivity index (χ3n) is 0. The van der Waals surface area contributed by atoms with E-state index in [0.717, 1.165) is 6.92 Å². The molecule has 0 saturated heterocycles. The van der Waals surface area contributed by atoms with Crippen LogP contribution >= 0.6 is 0 Å². The molecule has 0 aliphatic carbocycles. The quantitative estimate of drug-likeness (QED) is 0.303. The van der Waals surface area contributed by atoms with E-state index in [9.17, 15) is 0 Å². The van der Waals surface area contributed by atoms with Crippen molar-refractivity contribution in [1.82, 2.24) is 0 Å². The van der Waals surface area contributed by atoms with Gasteiger partial charge in [-0.2, -0.15) is 8.42 Å². The average Bonchev–Trinajstić information content (AvgIpc) is 1.19. The van der Waals surface area contributed by atoms with Gasteiger partial charge in [-0.05, 0) is 0 Å². The van der Waals surface area contributed by atoms with E-state index in [1.807, 2.05) is 0 Å². The van der Waals surface area contributed by atoms with E-state index in [-0.39, 0.29) is 110 Å². The third kappa shape index (κ3) is 225. The molecule has 0 aromatic rings. The van der Waals surface area contributed by atoms with Gasteiger partial charge >= 0.3 is 115 Å². The zero-order valence-corrected chi connectivity index (χ0v) is 15.5. The molecule has 12 heavy (non-hydrogen) atoms. The van der Waals surface area contributed by atoms with Crippen molar-refractivity contribution < 1.29 is 92.2 Å². The van der Waals surface area contributed by atoms with Gasteiger partial charge in [0.15, 0.2) is 0 Å². The maximum atomic E-state index is 9.00. The van der Waals surface area contributed by atoms with E-state index in [2.05, 4.69) is 0 Å². The van der Waals surface area contributed by atoms with E-state index < -0.39 is 16.4 Å². The van der Waals surface area contributed by atoms with Crippen LogP contribution in [0.15, 0.2) is 0 Å². The van der Waals surface area contributed by atoms with E-state index in [1.165, 1.54) is 0 Å². The second kappa shape index (κ2) is 16.3. The van der Waals surface area contributed by atoms with Gasteiger partial charge in [0.2, 0.25) is 0 Å². The van der Waals surface area contributed by atoms with E-state index in [0.29, 0.717) is 0 Å². The number of hydrogen-bond donors (Lipinski definition) is 3. The van der Waals surface area contributed by atoms with Crippen LogP contribution in [-0.2, 0) is 15.2 Å². The normalized spacial score (nSPS) is 6.92. The van der Waals surface area contributed by atoms with Crippen molar-refractivity contribution in [3.8, 4) is 0 Å². The fraction of sp³-hybridized carbons (Fsp3) is 0.500. The van der Waals surface area contributed by atoms with Gasteiger partial charge < -0.3 is 10.8 Å². The summed E-state index contributed by atoms with van der Waals surface area (Å²) in [6.07, 6.45) is 0. The van der Waals surface area contributed by atoms with Crippen LogP contribution in [0.2, 0.25) is 0 Å². The molecule has 0 saturated carbocycles. The molecule has 10 heteroatoms. The summed E-state index contributed by atoms with van der Waals surface area (Å²) in [4.78, 5) is 9.00. The molecule has 0 aromatic heterocycles. The molecule has 0 heterocycles. The molecule has 0 unspecified atom stereocenters. The largest absolute Gasteiger partial charge is 2.00 e.